The highest BCUT2D eigenvalue weighted by molar-refractivity contribution is 5.21. The Morgan fingerprint density at radius 1 is 1.06 bits per heavy atom. The Balaban J connectivity index is 1.81. The monoisotopic (exact) mass is 258 g/mol. The summed E-state index contributed by atoms with van der Waals surface area (Å²) in [5, 5.41) is 12.0. The van der Waals surface area contributed by atoms with E-state index < -0.39 is 18.3 Å². The molecule has 0 aromatic heterocycles. The summed E-state index contributed by atoms with van der Waals surface area (Å²) in [4.78, 5) is 0. The second kappa shape index (κ2) is 3.86. The van der Waals surface area contributed by atoms with E-state index in [0.717, 1.165) is 25.7 Å². The van der Waals surface area contributed by atoms with Crippen LogP contribution in [0.2, 0.25) is 0 Å². The molecule has 0 aromatic carbocycles. The van der Waals surface area contributed by atoms with Gasteiger partial charge in [-0.2, -0.15) is 18.4 Å². The van der Waals surface area contributed by atoms with Crippen LogP contribution in [0.4, 0.5) is 13.2 Å². The summed E-state index contributed by atoms with van der Waals surface area (Å²) < 4.78 is 37.2. The van der Waals surface area contributed by atoms with Crippen molar-refractivity contribution in [2.75, 3.05) is 6.54 Å². The maximum absolute atomic E-state index is 12.4. The van der Waals surface area contributed by atoms with Crippen LogP contribution in [0.1, 0.15) is 32.1 Å². The highest BCUT2D eigenvalue weighted by Gasteiger charge is 2.58. The van der Waals surface area contributed by atoms with Gasteiger partial charge in [-0.05, 0) is 55.8 Å². The number of rotatable bonds is 2. The minimum atomic E-state index is -4.24. The van der Waals surface area contributed by atoms with E-state index in [2.05, 4.69) is 11.4 Å². The van der Waals surface area contributed by atoms with E-state index in [0.29, 0.717) is 11.8 Å². The summed E-state index contributed by atoms with van der Waals surface area (Å²) >= 11 is 0. The van der Waals surface area contributed by atoms with E-state index >= 15 is 0 Å². The molecule has 0 saturated heterocycles. The predicted molar refractivity (Wildman–Crippen MR) is 59.4 cm³/mol. The molecule has 4 rings (SSSR count). The molecule has 0 aromatic rings. The van der Waals surface area contributed by atoms with Crippen LogP contribution in [0, 0.1) is 35.0 Å². The summed E-state index contributed by atoms with van der Waals surface area (Å²) in [6, 6.07) is 2.22. The molecular weight excluding hydrogens is 241 g/mol. The van der Waals surface area contributed by atoms with Gasteiger partial charge in [0.05, 0.1) is 12.6 Å². The van der Waals surface area contributed by atoms with Crippen LogP contribution in [0.25, 0.3) is 0 Å². The Hall–Kier alpha value is -0.760. The lowest BCUT2D eigenvalue weighted by molar-refractivity contribution is -0.137. The molecule has 0 radical (unpaired) electrons. The van der Waals surface area contributed by atoms with Gasteiger partial charge in [0.15, 0.2) is 0 Å². The summed E-state index contributed by atoms with van der Waals surface area (Å²) in [5.41, 5.74) is -0.914. The fourth-order valence-electron chi connectivity index (χ4n) is 4.68. The van der Waals surface area contributed by atoms with Gasteiger partial charge in [0.2, 0.25) is 0 Å². The fraction of sp³-hybridized carbons (Fsp3) is 0.923. The normalized spacial score (nSPS) is 46.1. The zero-order valence-electron chi connectivity index (χ0n) is 10.1. The Morgan fingerprint density at radius 3 is 1.94 bits per heavy atom. The van der Waals surface area contributed by atoms with Gasteiger partial charge >= 0.3 is 6.18 Å². The molecule has 4 saturated carbocycles. The number of nitrogens with one attached hydrogen (secondary N) is 1. The van der Waals surface area contributed by atoms with Crippen molar-refractivity contribution < 1.29 is 13.2 Å². The van der Waals surface area contributed by atoms with E-state index in [1.165, 1.54) is 6.42 Å². The molecule has 0 unspecified atom stereocenters. The number of nitrogens with zero attached hydrogens (tertiary/aromatic N) is 1. The van der Waals surface area contributed by atoms with Gasteiger partial charge in [-0.3, -0.25) is 5.32 Å². The van der Waals surface area contributed by atoms with Gasteiger partial charge in [0.1, 0.15) is 5.54 Å². The van der Waals surface area contributed by atoms with Crippen molar-refractivity contribution >= 4 is 0 Å². The zero-order valence-corrected chi connectivity index (χ0v) is 10.1. The molecule has 0 atom stereocenters. The number of hydrogen-bond acceptors (Lipinski definition) is 2. The molecule has 5 heteroatoms. The largest absolute Gasteiger partial charge is 0.401 e. The fourth-order valence-corrected chi connectivity index (χ4v) is 4.68. The summed E-state index contributed by atoms with van der Waals surface area (Å²) in [6.45, 7) is -1.04. The van der Waals surface area contributed by atoms with E-state index in [9.17, 15) is 18.4 Å². The van der Waals surface area contributed by atoms with Crippen LogP contribution in [0.3, 0.4) is 0 Å². The lowest BCUT2D eigenvalue weighted by Gasteiger charge is -2.58. The van der Waals surface area contributed by atoms with Gasteiger partial charge in [-0.1, -0.05) is 0 Å². The van der Waals surface area contributed by atoms with Crippen molar-refractivity contribution in [1.29, 1.82) is 5.26 Å². The summed E-state index contributed by atoms with van der Waals surface area (Å²) in [6.07, 6.45) is 0.736. The third-order valence-electron chi connectivity index (χ3n) is 5.19. The number of nitriles is 1. The molecular formula is C13H17F3N2. The first-order valence-corrected chi connectivity index (χ1v) is 6.66. The predicted octanol–water partition coefficient (Wildman–Crippen LogP) is 2.86. The highest BCUT2D eigenvalue weighted by atomic mass is 19.4. The van der Waals surface area contributed by atoms with Gasteiger partial charge in [0.25, 0.3) is 0 Å². The van der Waals surface area contributed by atoms with Crippen molar-refractivity contribution in [3.63, 3.8) is 0 Å². The SMILES string of the molecule is N#CC1(NCC(F)(F)F)C2CC3CC(C2)CC1C3. The third-order valence-corrected chi connectivity index (χ3v) is 5.19. The van der Waals surface area contributed by atoms with Crippen molar-refractivity contribution in [3.05, 3.63) is 0 Å². The zero-order chi connectivity index (χ0) is 13.0. The Bertz CT molecular complexity index is 355. The molecule has 0 heterocycles. The average molecular weight is 258 g/mol. The van der Waals surface area contributed by atoms with Crippen LogP contribution in [-0.4, -0.2) is 18.3 Å². The maximum Gasteiger partial charge on any atom is 0.401 e. The molecule has 2 nitrogen and oxygen atoms in total. The topological polar surface area (TPSA) is 35.8 Å². The standard InChI is InChI=1S/C13H17F3N2/c14-13(15,16)7-18-12(6-17)10-2-8-1-9(4-10)5-11(12)3-8/h8-11,18H,1-5,7H2. The minimum Gasteiger partial charge on any atom is -0.291 e. The molecule has 18 heavy (non-hydrogen) atoms. The second-order valence-electron chi connectivity index (χ2n) is 6.25. The van der Waals surface area contributed by atoms with Crippen molar-refractivity contribution in [2.45, 2.75) is 43.8 Å². The quantitative estimate of drug-likeness (QED) is 0.826. The molecule has 4 aliphatic rings. The molecule has 1 N–H and O–H groups in total. The number of alkyl halides is 3. The Kier molecular flexibility index (Phi) is 2.64. The Morgan fingerprint density at radius 2 is 1.56 bits per heavy atom. The van der Waals surface area contributed by atoms with Gasteiger partial charge in [0, 0.05) is 0 Å². The molecule has 4 fully saturated rings. The first-order valence-electron chi connectivity index (χ1n) is 6.66. The van der Waals surface area contributed by atoms with Gasteiger partial charge < -0.3 is 0 Å². The molecule has 4 bridgehead atoms. The maximum atomic E-state index is 12.4. The van der Waals surface area contributed by atoms with Crippen molar-refractivity contribution in [1.82, 2.24) is 5.32 Å². The first kappa shape index (κ1) is 12.3. The van der Waals surface area contributed by atoms with E-state index in [4.69, 9.17) is 0 Å². The molecule has 0 aliphatic heterocycles. The van der Waals surface area contributed by atoms with Crippen LogP contribution >= 0.6 is 0 Å². The summed E-state index contributed by atoms with van der Waals surface area (Å²) in [5.74, 6) is 1.56. The van der Waals surface area contributed by atoms with Crippen LogP contribution in [-0.2, 0) is 0 Å². The van der Waals surface area contributed by atoms with Crippen LogP contribution in [0.5, 0.6) is 0 Å². The smallest absolute Gasteiger partial charge is 0.291 e. The number of halogens is 3. The van der Waals surface area contributed by atoms with Crippen molar-refractivity contribution in [3.8, 4) is 6.07 Å². The van der Waals surface area contributed by atoms with E-state index in [1.807, 2.05) is 0 Å². The molecule has 0 spiro atoms. The summed E-state index contributed by atoms with van der Waals surface area (Å²) in [7, 11) is 0. The Labute approximate surface area is 105 Å². The van der Waals surface area contributed by atoms with E-state index in [-0.39, 0.29) is 11.8 Å². The van der Waals surface area contributed by atoms with E-state index in [1.54, 1.807) is 0 Å². The minimum absolute atomic E-state index is 0.126. The molecule has 0 amide bonds. The third kappa shape index (κ3) is 1.82. The first-order chi connectivity index (χ1) is 8.43. The van der Waals surface area contributed by atoms with Gasteiger partial charge in [-0.25, -0.2) is 0 Å². The van der Waals surface area contributed by atoms with Crippen LogP contribution in [0.15, 0.2) is 0 Å². The van der Waals surface area contributed by atoms with Crippen LogP contribution < -0.4 is 5.32 Å². The highest BCUT2D eigenvalue weighted by Crippen LogP contribution is 2.58. The van der Waals surface area contributed by atoms with Gasteiger partial charge in [-0.15, -0.1) is 0 Å². The number of hydrogen-bond donors (Lipinski definition) is 1. The molecule has 100 valence electrons. The lowest BCUT2D eigenvalue weighted by Crippen LogP contribution is -2.65. The molecule has 4 aliphatic carbocycles. The second-order valence-corrected chi connectivity index (χ2v) is 6.25. The average Bonchev–Trinajstić information content (AvgIpc) is 2.27. The van der Waals surface area contributed by atoms with Crippen molar-refractivity contribution in [2.24, 2.45) is 23.7 Å². The lowest BCUT2D eigenvalue weighted by atomic mass is 9.49.